The highest BCUT2D eigenvalue weighted by Crippen LogP contribution is 2.12. The van der Waals surface area contributed by atoms with Gasteiger partial charge in [-0.05, 0) is 6.07 Å². The third-order valence-corrected chi connectivity index (χ3v) is 2.35. The second-order valence-corrected chi connectivity index (χ2v) is 3.48. The van der Waals surface area contributed by atoms with Gasteiger partial charge >= 0.3 is 0 Å². The summed E-state index contributed by atoms with van der Waals surface area (Å²) >= 11 is 0. The van der Waals surface area contributed by atoms with Gasteiger partial charge in [0, 0.05) is 38.4 Å². The smallest absolute Gasteiger partial charge is 0.130 e. The Kier molecular flexibility index (Phi) is 5.77. The molecule has 0 fully saturated rings. The van der Waals surface area contributed by atoms with Crippen molar-refractivity contribution in [2.24, 2.45) is 0 Å². The molecule has 1 heterocycles. The number of pyridine rings is 1. The fourth-order valence-electron chi connectivity index (χ4n) is 1.58. The second kappa shape index (κ2) is 7.16. The zero-order valence-corrected chi connectivity index (χ0v) is 9.56. The maximum absolute atomic E-state index is 8.91. The van der Waals surface area contributed by atoms with Crippen LogP contribution in [0.2, 0.25) is 0 Å². The molecule has 0 aliphatic rings. The minimum Gasteiger partial charge on any atom is -0.395 e. The first-order valence-electron chi connectivity index (χ1n) is 5.37. The van der Waals surface area contributed by atoms with Gasteiger partial charge in [0.25, 0.3) is 0 Å². The molecule has 16 heavy (non-hydrogen) atoms. The zero-order valence-electron chi connectivity index (χ0n) is 9.56. The maximum atomic E-state index is 8.91. The minimum absolute atomic E-state index is 0.0924. The van der Waals surface area contributed by atoms with Crippen LogP contribution >= 0.6 is 0 Å². The van der Waals surface area contributed by atoms with Crippen molar-refractivity contribution in [2.75, 3.05) is 38.7 Å². The first kappa shape index (κ1) is 12.9. The highest BCUT2D eigenvalue weighted by atomic mass is 16.3. The van der Waals surface area contributed by atoms with E-state index in [1.807, 2.05) is 24.1 Å². The van der Waals surface area contributed by atoms with Crippen LogP contribution in [0.3, 0.4) is 0 Å². The van der Waals surface area contributed by atoms with E-state index in [9.17, 15) is 0 Å². The molecule has 0 atom stereocenters. The Labute approximate surface area is 95.7 Å². The van der Waals surface area contributed by atoms with Crippen molar-refractivity contribution in [3.05, 3.63) is 23.9 Å². The molecule has 0 spiro atoms. The van der Waals surface area contributed by atoms with Gasteiger partial charge < -0.3 is 15.5 Å². The summed E-state index contributed by atoms with van der Waals surface area (Å²) in [6, 6.07) is 3.87. The molecular formula is C11H19N3O2. The van der Waals surface area contributed by atoms with E-state index < -0.39 is 0 Å². The molecule has 3 N–H and O–H groups in total. The van der Waals surface area contributed by atoms with Crippen molar-refractivity contribution in [3.63, 3.8) is 0 Å². The van der Waals surface area contributed by atoms with E-state index in [1.54, 1.807) is 6.20 Å². The molecule has 5 heteroatoms. The van der Waals surface area contributed by atoms with Crippen LogP contribution in [0.5, 0.6) is 0 Å². The highest BCUT2D eigenvalue weighted by Gasteiger charge is 2.08. The van der Waals surface area contributed by atoms with E-state index in [-0.39, 0.29) is 13.2 Å². The lowest BCUT2D eigenvalue weighted by atomic mass is 10.2. The van der Waals surface area contributed by atoms with E-state index in [0.29, 0.717) is 19.6 Å². The van der Waals surface area contributed by atoms with Gasteiger partial charge in [-0.15, -0.1) is 0 Å². The van der Waals surface area contributed by atoms with E-state index in [2.05, 4.69) is 10.3 Å². The number of aliphatic hydroxyl groups is 2. The van der Waals surface area contributed by atoms with Gasteiger partial charge in [-0.2, -0.15) is 0 Å². The van der Waals surface area contributed by atoms with Crippen molar-refractivity contribution < 1.29 is 10.2 Å². The lowest BCUT2D eigenvalue weighted by Gasteiger charge is -2.21. The van der Waals surface area contributed by atoms with E-state index in [4.69, 9.17) is 10.2 Å². The van der Waals surface area contributed by atoms with Gasteiger partial charge in [-0.3, -0.25) is 4.90 Å². The average Bonchev–Trinajstić information content (AvgIpc) is 2.30. The van der Waals surface area contributed by atoms with Crippen LogP contribution in [-0.2, 0) is 6.54 Å². The van der Waals surface area contributed by atoms with Crippen molar-refractivity contribution in [2.45, 2.75) is 6.54 Å². The van der Waals surface area contributed by atoms with Crippen molar-refractivity contribution >= 4 is 5.82 Å². The van der Waals surface area contributed by atoms with Crippen molar-refractivity contribution in [1.29, 1.82) is 0 Å². The Hall–Kier alpha value is -1.17. The summed E-state index contributed by atoms with van der Waals surface area (Å²) in [7, 11) is 1.83. The molecule has 0 bridgehead atoms. The lowest BCUT2D eigenvalue weighted by Crippen LogP contribution is -2.29. The first-order valence-corrected chi connectivity index (χ1v) is 5.37. The normalized spacial score (nSPS) is 10.8. The number of nitrogens with zero attached hydrogens (tertiary/aromatic N) is 2. The molecule has 0 amide bonds. The van der Waals surface area contributed by atoms with Crippen LogP contribution in [-0.4, -0.2) is 53.4 Å². The quantitative estimate of drug-likeness (QED) is 0.605. The largest absolute Gasteiger partial charge is 0.395 e. The first-order chi connectivity index (χ1) is 7.81. The van der Waals surface area contributed by atoms with Gasteiger partial charge in [0.1, 0.15) is 5.82 Å². The Morgan fingerprint density at radius 1 is 1.31 bits per heavy atom. The van der Waals surface area contributed by atoms with Crippen LogP contribution in [0, 0.1) is 0 Å². The van der Waals surface area contributed by atoms with Gasteiger partial charge in [-0.1, -0.05) is 6.07 Å². The average molecular weight is 225 g/mol. The number of nitrogens with one attached hydrogen (secondary N) is 1. The third kappa shape index (κ3) is 3.77. The van der Waals surface area contributed by atoms with Gasteiger partial charge in [0.2, 0.25) is 0 Å². The molecule has 1 rings (SSSR count). The highest BCUT2D eigenvalue weighted by molar-refractivity contribution is 5.42. The van der Waals surface area contributed by atoms with Gasteiger partial charge in [-0.25, -0.2) is 4.98 Å². The summed E-state index contributed by atoms with van der Waals surface area (Å²) in [5.74, 6) is 0.836. The topological polar surface area (TPSA) is 68.6 Å². The molecular weight excluding hydrogens is 206 g/mol. The Morgan fingerprint density at radius 2 is 2.00 bits per heavy atom. The van der Waals surface area contributed by atoms with Crippen molar-refractivity contribution in [1.82, 2.24) is 9.88 Å². The molecule has 0 aliphatic heterocycles. The van der Waals surface area contributed by atoms with Crippen LogP contribution in [0.25, 0.3) is 0 Å². The van der Waals surface area contributed by atoms with Gasteiger partial charge in [0.15, 0.2) is 0 Å². The van der Waals surface area contributed by atoms with Gasteiger partial charge in [0.05, 0.1) is 13.2 Å². The molecule has 0 unspecified atom stereocenters. The van der Waals surface area contributed by atoms with Crippen LogP contribution in [0.4, 0.5) is 5.82 Å². The molecule has 0 radical (unpaired) electrons. The summed E-state index contributed by atoms with van der Waals surface area (Å²) in [6.45, 7) is 1.96. The monoisotopic (exact) mass is 225 g/mol. The van der Waals surface area contributed by atoms with E-state index in [1.165, 1.54) is 0 Å². The summed E-state index contributed by atoms with van der Waals surface area (Å²) in [5.41, 5.74) is 1.06. The number of hydrogen-bond donors (Lipinski definition) is 3. The fraction of sp³-hybridized carbons (Fsp3) is 0.545. The summed E-state index contributed by atoms with van der Waals surface area (Å²) in [4.78, 5) is 6.19. The molecule has 0 aliphatic carbocycles. The standard InChI is InChI=1S/C11H19N3O2/c1-12-11-10(3-2-4-13-11)9-14(5-7-15)6-8-16/h2-4,15-16H,5-9H2,1H3,(H,12,13). The number of aliphatic hydroxyl groups excluding tert-OH is 2. The van der Waals surface area contributed by atoms with Crippen LogP contribution < -0.4 is 5.32 Å². The molecule has 0 saturated heterocycles. The summed E-state index contributed by atoms with van der Waals surface area (Å²) < 4.78 is 0. The molecule has 1 aromatic rings. The molecule has 0 saturated carbocycles. The Morgan fingerprint density at radius 3 is 2.56 bits per heavy atom. The van der Waals surface area contributed by atoms with E-state index >= 15 is 0 Å². The molecule has 90 valence electrons. The second-order valence-electron chi connectivity index (χ2n) is 3.48. The Balaban J connectivity index is 2.67. The number of hydrogen-bond acceptors (Lipinski definition) is 5. The predicted molar refractivity (Wildman–Crippen MR) is 63.2 cm³/mol. The SMILES string of the molecule is CNc1ncccc1CN(CCO)CCO. The fourth-order valence-corrected chi connectivity index (χ4v) is 1.58. The Bertz CT molecular complexity index is 301. The van der Waals surface area contributed by atoms with Crippen LogP contribution in [0.15, 0.2) is 18.3 Å². The molecule has 5 nitrogen and oxygen atoms in total. The van der Waals surface area contributed by atoms with E-state index in [0.717, 1.165) is 11.4 Å². The van der Waals surface area contributed by atoms with Crippen molar-refractivity contribution in [3.8, 4) is 0 Å². The minimum atomic E-state index is 0.0924. The molecule has 1 aromatic heterocycles. The maximum Gasteiger partial charge on any atom is 0.130 e. The summed E-state index contributed by atoms with van der Waals surface area (Å²) in [5, 5.41) is 20.8. The lowest BCUT2D eigenvalue weighted by molar-refractivity contribution is 0.156. The third-order valence-electron chi connectivity index (χ3n) is 2.35. The number of aromatic nitrogens is 1. The zero-order chi connectivity index (χ0) is 11.8. The summed E-state index contributed by atoms with van der Waals surface area (Å²) in [6.07, 6.45) is 1.73. The van der Waals surface area contributed by atoms with Crippen LogP contribution in [0.1, 0.15) is 5.56 Å². The number of anilines is 1. The molecule has 0 aromatic carbocycles. The number of rotatable bonds is 7. The predicted octanol–water partition coefficient (Wildman–Crippen LogP) is -0.0901.